The Morgan fingerprint density at radius 1 is 1.30 bits per heavy atom. The Labute approximate surface area is 172 Å². The molecule has 2 atom stereocenters. The summed E-state index contributed by atoms with van der Waals surface area (Å²) >= 11 is 0. The second-order valence-electron chi connectivity index (χ2n) is 8.14. The number of hydrogen-bond acceptors (Lipinski definition) is 6. The fourth-order valence-corrected chi connectivity index (χ4v) is 3.42. The van der Waals surface area contributed by atoms with Crippen molar-refractivity contribution < 1.29 is 33.0 Å². The highest BCUT2D eigenvalue weighted by molar-refractivity contribution is 5.74. The summed E-state index contributed by atoms with van der Waals surface area (Å²) in [7, 11) is 0. The van der Waals surface area contributed by atoms with Crippen LogP contribution in [0.15, 0.2) is 18.3 Å². The van der Waals surface area contributed by atoms with Gasteiger partial charge in [0, 0.05) is 11.8 Å². The van der Waals surface area contributed by atoms with E-state index in [0.717, 1.165) is 10.7 Å². The van der Waals surface area contributed by atoms with E-state index >= 15 is 4.39 Å². The number of aromatic nitrogens is 2. The Bertz CT molecular complexity index is 981. The fourth-order valence-electron chi connectivity index (χ4n) is 3.42. The first-order valence-corrected chi connectivity index (χ1v) is 9.65. The van der Waals surface area contributed by atoms with Gasteiger partial charge in [-0.1, -0.05) is 0 Å². The van der Waals surface area contributed by atoms with E-state index in [1.807, 2.05) is 0 Å². The van der Waals surface area contributed by atoms with Crippen LogP contribution in [0.25, 0.3) is 0 Å². The lowest BCUT2D eigenvalue weighted by Crippen LogP contribution is -2.27. The van der Waals surface area contributed by atoms with E-state index in [-0.39, 0.29) is 41.8 Å². The molecular weight excluding hydrogens is 398 g/mol. The number of rotatable bonds is 4. The third kappa shape index (κ3) is 4.35. The lowest BCUT2D eigenvalue weighted by Gasteiger charge is -2.18. The molecule has 7 nitrogen and oxygen atoms in total. The second kappa shape index (κ2) is 8.14. The molecule has 1 aliphatic rings. The van der Waals surface area contributed by atoms with Gasteiger partial charge in [0.1, 0.15) is 23.3 Å². The molecule has 1 heterocycles. The quantitative estimate of drug-likeness (QED) is 0.761. The van der Waals surface area contributed by atoms with Crippen LogP contribution in [0.1, 0.15) is 56.2 Å². The summed E-state index contributed by atoms with van der Waals surface area (Å²) in [5, 5.41) is 14.5. The third-order valence-corrected chi connectivity index (χ3v) is 4.74. The maximum absolute atomic E-state index is 15.1. The van der Waals surface area contributed by atoms with Gasteiger partial charge in [-0.2, -0.15) is 9.78 Å². The van der Waals surface area contributed by atoms with Crippen molar-refractivity contribution in [3.8, 4) is 0 Å². The molecule has 9 heteroatoms. The topological polar surface area (TPSA) is 90.7 Å². The number of carbonyl (C=O) groups is 2. The molecule has 0 aliphatic heterocycles. The summed E-state index contributed by atoms with van der Waals surface area (Å²) in [6.07, 6.45) is -1.07. The summed E-state index contributed by atoms with van der Waals surface area (Å²) < 4.78 is 40.7. The maximum Gasteiger partial charge on any atom is 0.435 e. The molecule has 1 N–H and O–H groups in total. The molecule has 0 saturated heterocycles. The highest BCUT2D eigenvalue weighted by Gasteiger charge is 2.35. The molecule has 0 spiro atoms. The molecule has 2 aromatic rings. The number of hydrogen-bond donors (Lipinski definition) is 1. The number of esters is 1. The van der Waals surface area contributed by atoms with Crippen molar-refractivity contribution in [1.29, 1.82) is 0 Å². The van der Waals surface area contributed by atoms with Crippen molar-refractivity contribution >= 4 is 12.1 Å². The lowest BCUT2D eigenvalue weighted by atomic mass is 9.99. The SMILES string of the molecule is CCOC(=O)C1Cc2c(F)cc(C(O)c3ccn(C(=O)OC(C)(C)C)n3)c(F)c2C1. The first-order chi connectivity index (χ1) is 14.0. The van der Waals surface area contributed by atoms with E-state index in [0.29, 0.717) is 0 Å². The molecular formula is C21H24F2N2O5. The number of nitrogens with zero attached hydrogens (tertiary/aromatic N) is 2. The van der Waals surface area contributed by atoms with Gasteiger partial charge in [0.05, 0.1) is 18.2 Å². The number of halogens is 2. The Balaban J connectivity index is 1.86. The van der Waals surface area contributed by atoms with Gasteiger partial charge in [0.25, 0.3) is 0 Å². The van der Waals surface area contributed by atoms with Crippen molar-refractivity contribution in [2.45, 2.75) is 52.2 Å². The lowest BCUT2D eigenvalue weighted by molar-refractivity contribution is -0.147. The largest absolute Gasteiger partial charge is 0.466 e. The van der Waals surface area contributed by atoms with Crippen LogP contribution in [0.2, 0.25) is 0 Å². The number of fused-ring (bicyclic) bond motifs is 1. The minimum absolute atomic E-state index is 0.0101. The Kier molecular flexibility index (Phi) is 5.94. The van der Waals surface area contributed by atoms with E-state index in [4.69, 9.17) is 9.47 Å². The van der Waals surface area contributed by atoms with Crippen LogP contribution in [0.3, 0.4) is 0 Å². The summed E-state index contributed by atoms with van der Waals surface area (Å²) in [6.45, 7) is 6.91. The van der Waals surface area contributed by atoms with E-state index in [1.54, 1.807) is 27.7 Å². The van der Waals surface area contributed by atoms with Crippen molar-refractivity contribution in [2.75, 3.05) is 6.61 Å². The van der Waals surface area contributed by atoms with Crippen molar-refractivity contribution in [2.24, 2.45) is 5.92 Å². The predicted molar refractivity (Wildman–Crippen MR) is 102 cm³/mol. The van der Waals surface area contributed by atoms with Gasteiger partial charge in [0.15, 0.2) is 0 Å². The Morgan fingerprint density at radius 3 is 2.60 bits per heavy atom. The van der Waals surface area contributed by atoms with E-state index in [1.165, 1.54) is 12.3 Å². The number of benzene rings is 1. The van der Waals surface area contributed by atoms with Crippen LogP contribution in [-0.4, -0.2) is 39.2 Å². The first kappa shape index (κ1) is 21.9. The smallest absolute Gasteiger partial charge is 0.435 e. The summed E-state index contributed by atoms with van der Waals surface area (Å²) in [4.78, 5) is 24.0. The average Bonchev–Trinajstić information content (AvgIpc) is 3.30. The third-order valence-electron chi connectivity index (χ3n) is 4.74. The van der Waals surface area contributed by atoms with Crippen LogP contribution in [0.5, 0.6) is 0 Å². The number of aliphatic hydroxyl groups is 1. The van der Waals surface area contributed by atoms with Crippen molar-refractivity contribution in [3.63, 3.8) is 0 Å². The predicted octanol–water partition coefficient (Wildman–Crippen LogP) is 3.30. The van der Waals surface area contributed by atoms with Crippen LogP contribution in [0.4, 0.5) is 13.6 Å². The fraction of sp³-hybridized carbons (Fsp3) is 0.476. The Morgan fingerprint density at radius 2 is 1.97 bits per heavy atom. The van der Waals surface area contributed by atoms with Crippen molar-refractivity contribution in [1.82, 2.24) is 9.78 Å². The van der Waals surface area contributed by atoms with Gasteiger partial charge in [-0.15, -0.1) is 0 Å². The highest BCUT2D eigenvalue weighted by Crippen LogP contribution is 2.36. The van der Waals surface area contributed by atoms with E-state index in [2.05, 4.69) is 5.10 Å². The molecule has 0 fully saturated rings. The van der Waals surface area contributed by atoms with E-state index < -0.39 is 41.3 Å². The number of carbonyl (C=O) groups excluding carboxylic acids is 2. The average molecular weight is 422 g/mol. The Hall–Kier alpha value is -2.81. The molecule has 0 radical (unpaired) electrons. The normalized spacial score (nSPS) is 16.8. The minimum atomic E-state index is -1.60. The molecule has 0 saturated carbocycles. The van der Waals surface area contributed by atoms with Crippen LogP contribution in [0, 0.1) is 17.6 Å². The maximum atomic E-state index is 15.1. The van der Waals surface area contributed by atoms with Gasteiger partial charge in [0.2, 0.25) is 0 Å². The van der Waals surface area contributed by atoms with Gasteiger partial charge in [-0.25, -0.2) is 13.6 Å². The molecule has 3 rings (SSSR count). The number of aliphatic hydroxyl groups excluding tert-OH is 1. The van der Waals surface area contributed by atoms with Gasteiger partial charge >= 0.3 is 12.1 Å². The minimum Gasteiger partial charge on any atom is -0.466 e. The summed E-state index contributed by atoms with van der Waals surface area (Å²) in [6, 6.07) is 2.22. The summed E-state index contributed by atoms with van der Waals surface area (Å²) in [5.41, 5.74) is -0.939. The van der Waals surface area contributed by atoms with Crippen molar-refractivity contribution in [3.05, 3.63) is 52.3 Å². The van der Waals surface area contributed by atoms with Gasteiger partial charge in [-0.3, -0.25) is 4.79 Å². The zero-order valence-electron chi connectivity index (χ0n) is 17.2. The second-order valence-corrected chi connectivity index (χ2v) is 8.14. The van der Waals surface area contributed by atoms with Gasteiger partial charge in [-0.05, 0) is 63.8 Å². The molecule has 2 unspecified atom stereocenters. The highest BCUT2D eigenvalue weighted by atomic mass is 19.1. The van der Waals surface area contributed by atoms with Crippen LogP contribution in [-0.2, 0) is 27.1 Å². The molecule has 1 aliphatic carbocycles. The standard InChI is InChI=1S/C21H24F2N2O5/c1-5-29-19(27)11-8-12-13(9-11)17(23)14(10-15(12)22)18(26)16-6-7-25(24-16)20(28)30-21(2,3)4/h6-7,10-11,18,26H,5,8-9H2,1-4H3. The van der Waals surface area contributed by atoms with Crippen LogP contribution >= 0.6 is 0 Å². The molecule has 0 bridgehead atoms. The zero-order valence-corrected chi connectivity index (χ0v) is 17.2. The van der Waals surface area contributed by atoms with E-state index in [9.17, 15) is 19.1 Å². The number of ether oxygens (including phenoxy) is 2. The molecule has 162 valence electrons. The molecule has 30 heavy (non-hydrogen) atoms. The van der Waals surface area contributed by atoms with Crippen LogP contribution < -0.4 is 0 Å². The first-order valence-electron chi connectivity index (χ1n) is 9.65. The molecule has 1 aromatic heterocycles. The zero-order chi connectivity index (χ0) is 22.2. The summed E-state index contributed by atoms with van der Waals surface area (Å²) in [5.74, 6) is -2.68. The monoisotopic (exact) mass is 422 g/mol. The molecule has 1 aromatic carbocycles. The van der Waals surface area contributed by atoms with Gasteiger partial charge < -0.3 is 14.6 Å². The molecule has 0 amide bonds.